The molecule has 3 amide bonds. The van der Waals surface area contributed by atoms with Gasteiger partial charge in [0.1, 0.15) is 11.4 Å². The smallest absolute Gasteiger partial charge is 0.407 e. The predicted molar refractivity (Wildman–Crippen MR) is 126 cm³/mol. The summed E-state index contributed by atoms with van der Waals surface area (Å²) in [4.78, 5) is 29.2. The second-order valence-electron chi connectivity index (χ2n) is 8.84. The Kier molecular flexibility index (Phi) is 7.41. The van der Waals surface area contributed by atoms with Gasteiger partial charge in [0.15, 0.2) is 5.75 Å². The summed E-state index contributed by atoms with van der Waals surface area (Å²) < 4.78 is 125. The van der Waals surface area contributed by atoms with Crippen LogP contribution in [-0.2, 0) is 12.4 Å². The molecule has 214 valence electrons. The number of alkyl halides is 6. The van der Waals surface area contributed by atoms with Gasteiger partial charge in [-0.3, -0.25) is 9.80 Å². The molecule has 0 spiro atoms. The molecule has 2 aromatic carbocycles. The molecule has 15 heteroatoms. The van der Waals surface area contributed by atoms with Crippen LogP contribution in [0.25, 0.3) is 0 Å². The third kappa shape index (κ3) is 7.09. The number of β-amino-alcohol motifs (C(OH)–C–C–N with tert-alkyl or cyclic N) is 1. The molecule has 1 aliphatic rings. The second-order valence-corrected chi connectivity index (χ2v) is 8.84. The number of hydrogen-bond donors (Lipinski definition) is 1. The van der Waals surface area contributed by atoms with Crippen LogP contribution in [0.1, 0.15) is 15.2 Å². The number of amides is 3. The summed E-state index contributed by atoms with van der Waals surface area (Å²) in [6, 6.07) is 1.91. The third-order valence-electron chi connectivity index (χ3n) is 5.55. The van der Waals surface area contributed by atoms with Crippen molar-refractivity contribution >= 4 is 23.5 Å². The number of nitrogens with zero attached hydrogens (tertiary/aromatic N) is 4. The van der Waals surface area contributed by atoms with Gasteiger partial charge in [0.05, 0.1) is 17.4 Å². The third-order valence-corrected chi connectivity index (χ3v) is 5.55. The van der Waals surface area contributed by atoms with E-state index in [1.54, 1.807) is 19.0 Å². The first-order valence-corrected chi connectivity index (χ1v) is 11.2. The zero-order valence-corrected chi connectivity index (χ0v) is 20.5. The van der Waals surface area contributed by atoms with Gasteiger partial charge in [-0.15, -0.1) is 0 Å². The number of anilines is 2. The number of likely N-dealkylation sites (N-methyl/N-ethyl adjacent to an activating group) is 1. The Bertz CT molecular complexity index is 1310. The quantitative estimate of drug-likeness (QED) is 0.491. The fraction of sp³-hybridized carbons (Fsp3) is 0.417. The highest BCUT2D eigenvalue weighted by molar-refractivity contribution is 5.97. The maximum absolute atomic E-state index is 14.1. The van der Waals surface area contributed by atoms with Crippen molar-refractivity contribution < 1.29 is 54.3 Å². The van der Waals surface area contributed by atoms with Crippen LogP contribution in [0.2, 0.25) is 0 Å². The number of rotatable bonds is 7. The molecule has 3 rings (SSSR count). The van der Waals surface area contributed by atoms with Crippen molar-refractivity contribution in [2.75, 3.05) is 57.1 Å². The molecule has 0 radical (unpaired) electrons. The van der Waals surface area contributed by atoms with Crippen molar-refractivity contribution in [3.63, 3.8) is 0 Å². The summed E-state index contributed by atoms with van der Waals surface area (Å²) >= 11 is 0. The molecule has 1 atom stereocenters. The minimum absolute atomic E-state index is 0.0861. The Labute approximate surface area is 223 Å². The number of hydrogen-bond acceptors (Lipinski definition) is 5. The van der Waals surface area contributed by atoms with Crippen molar-refractivity contribution in [1.29, 1.82) is 0 Å². The first kappa shape index (κ1) is 25.7. The van der Waals surface area contributed by atoms with Gasteiger partial charge in [0, 0.05) is 43.0 Å². The number of aliphatic hydroxyl groups is 1. The topological polar surface area (TPSA) is 76.6 Å². The Morgan fingerprint density at radius 2 is 1.74 bits per heavy atom. The zero-order chi connectivity index (χ0) is 31.8. The van der Waals surface area contributed by atoms with Crippen LogP contribution in [-0.4, -0.2) is 80.4 Å². The van der Waals surface area contributed by atoms with Crippen molar-refractivity contribution in [1.82, 2.24) is 9.80 Å². The van der Waals surface area contributed by atoms with Gasteiger partial charge in [0.25, 0.3) is 0 Å². The average Bonchev–Trinajstić information content (AvgIpc) is 3.17. The van der Waals surface area contributed by atoms with Gasteiger partial charge in [-0.2, -0.15) is 26.3 Å². The van der Waals surface area contributed by atoms with E-state index >= 15 is 0 Å². The lowest BCUT2D eigenvalue weighted by Crippen LogP contribution is -2.40. The molecular formula is C24H25F7N4O4. The highest BCUT2D eigenvalue weighted by Gasteiger charge is 2.44. The first-order valence-electron chi connectivity index (χ1n) is 12.7. The lowest BCUT2D eigenvalue weighted by Gasteiger charge is -2.26. The summed E-state index contributed by atoms with van der Waals surface area (Å²) in [5.74, 6) is -2.39. The number of aliphatic hydroxyl groups excluding tert-OH is 1. The summed E-state index contributed by atoms with van der Waals surface area (Å²) in [6.45, 7) is -4.31. The highest BCUT2D eigenvalue weighted by Crippen LogP contribution is 2.47. The Balaban J connectivity index is 2.15. The van der Waals surface area contributed by atoms with Crippen LogP contribution in [0, 0.1) is 5.82 Å². The number of carbonyl (C=O) groups excluding carboxylic acids is 2. The maximum atomic E-state index is 14.1. The molecule has 2 aromatic rings. The fourth-order valence-corrected chi connectivity index (χ4v) is 3.83. The van der Waals surface area contributed by atoms with E-state index in [9.17, 15) is 45.4 Å². The van der Waals surface area contributed by atoms with Crippen LogP contribution < -0.4 is 14.5 Å². The van der Waals surface area contributed by atoms with Crippen LogP contribution in [0.15, 0.2) is 36.4 Å². The zero-order valence-electron chi connectivity index (χ0n) is 23.5. The number of carbonyl (C=O) groups is 2. The molecule has 0 unspecified atom stereocenters. The van der Waals surface area contributed by atoms with Crippen molar-refractivity contribution in [2.24, 2.45) is 0 Å². The van der Waals surface area contributed by atoms with Crippen molar-refractivity contribution in [2.45, 2.75) is 18.5 Å². The second kappa shape index (κ2) is 11.3. The normalized spacial score (nSPS) is 16.7. The van der Waals surface area contributed by atoms with E-state index in [4.69, 9.17) is 8.85 Å². The van der Waals surface area contributed by atoms with Crippen LogP contribution in [0.5, 0.6) is 5.75 Å². The van der Waals surface area contributed by atoms with Crippen molar-refractivity contribution in [3.05, 3.63) is 53.3 Å². The van der Waals surface area contributed by atoms with E-state index in [0.29, 0.717) is 4.90 Å². The SMILES string of the molecule is [2H]C([2H])([2H])N(C(=O)Oc1c(N2CCN(C[C@H](O)CN(C)C)C2=O)cc(C(F)(F)F)cc1C(F)(F)F)c1ccc(F)cc1. The van der Waals surface area contributed by atoms with Gasteiger partial charge in [-0.25, -0.2) is 14.0 Å². The van der Waals surface area contributed by atoms with Gasteiger partial charge < -0.3 is 19.6 Å². The lowest BCUT2D eigenvalue weighted by atomic mass is 10.1. The van der Waals surface area contributed by atoms with Crippen molar-refractivity contribution in [3.8, 4) is 5.75 Å². The van der Waals surface area contributed by atoms with E-state index in [1.165, 1.54) is 0 Å². The van der Waals surface area contributed by atoms with E-state index in [-0.39, 0.29) is 36.7 Å². The standard InChI is InChI=1S/C24H25F7N4O4/c1-32(2)12-17(36)13-34-8-9-35(21(34)37)19-11-14(23(26,27)28)10-18(24(29,30)31)20(19)39-22(38)33(3)16-6-4-15(25)5-7-16/h4-7,10-11,17,36H,8-9,12-13H2,1-3H3/t17-/m1/s1/i3D3. The molecule has 1 saturated heterocycles. The van der Waals surface area contributed by atoms with Gasteiger partial charge in [-0.05, 0) is 50.5 Å². The molecule has 1 aliphatic heterocycles. The number of halogens is 7. The summed E-state index contributed by atoms with van der Waals surface area (Å²) in [5, 5.41) is 10.2. The Hall–Kier alpha value is -3.59. The van der Waals surface area contributed by atoms with E-state index in [1.807, 2.05) is 0 Å². The first-order chi connectivity index (χ1) is 19.2. The van der Waals surface area contributed by atoms with Gasteiger partial charge in [-0.1, -0.05) is 0 Å². The Morgan fingerprint density at radius 1 is 1.10 bits per heavy atom. The molecule has 1 heterocycles. The van der Waals surface area contributed by atoms with Crippen LogP contribution in [0.3, 0.4) is 0 Å². The fourth-order valence-electron chi connectivity index (χ4n) is 3.83. The number of ether oxygens (including phenoxy) is 1. The molecule has 1 N–H and O–H groups in total. The average molecular weight is 569 g/mol. The number of benzene rings is 2. The molecule has 39 heavy (non-hydrogen) atoms. The molecule has 0 aliphatic carbocycles. The summed E-state index contributed by atoms with van der Waals surface area (Å²) in [5.41, 5.74) is -5.56. The Morgan fingerprint density at radius 3 is 2.28 bits per heavy atom. The van der Waals surface area contributed by atoms with Gasteiger partial charge in [0.2, 0.25) is 0 Å². The monoisotopic (exact) mass is 569 g/mol. The predicted octanol–water partition coefficient (Wildman–Crippen LogP) is 4.66. The molecule has 0 aromatic heterocycles. The van der Waals surface area contributed by atoms with Crippen LogP contribution in [0.4, 0.5) is 51.7 Å². The van der Waals surface area contributed by atoms with E-state index in [0.717, 1.165) is 29.2 Å². The van der Waals surface area contributed by atoms with E-state index < -0.39 is 78.2 Å². The van der Waals surface area contributed by atoms with Crippen LogP contribution >= 0.6 is 0 Å². The summed E-state index contributed by atoms with van der Waals surface area (Å²) in [7, 11) is 3.25. The molecule has 1 fully saturated rings. The van der Waals surface area contributed by atoms with E-state index in [2.05, 4.69) is 0 Å². The lowest BCUT2D eigenvalue weighted by molar-refractivity contribution is -0.143. The maximum Gasteiger partial charge on any atom is 0.420 e. The minimum atomic E-state index is -5.57. The minimum Gasteiger partial charge on any atom is -0.407 e. The molecule has 0 bridgehead atoms. The summed E-state index contributed by atoms with van der Waals surface area (Å²) in [6.07, 6.45) is -14.0. The molecule has 8 nitrogen and oxygen atoms in total. The largest absolute Gasteiger partial charge is 0.420 e. The highest BCUT2D eigenvalue weighted by atomic mass is 19.4. The molecule has 0 saturated carbocycles. The number of urea groups is 1. The molecular weight excluding hydrogens is 541 g/mol. The van der Waals surface area contributed by atoms with Gasteiger partial charge >= 0.3 is 24.5 Å².